The Morgan fingerprint density at radius 1 is 1.35 bits per heavy atom. The third-order valence-corrected chi connectivity index (χ3v) is 3.35. The molecule has 0 unspecified atom stereocenters. The van der Waals surface area contributed by atoms with Gasteiger partial charge in [0.2, 0.25) is 5.91 Å². The van der Waals surface area contributed by atoms with E-state index in [4.69, 9.17) is 5.73 Å². The lowest BCUT2D eigenvalue weighted by Gasteiger charge is -2.43. The maximum atomic E-state index is 12.9. The Bertz CT molecular complexity index is 398. The molecule has 0 aromatic heterocycles. The van der Waals surface area contributed by atoms with E-state index >= 15 is 0 Å². The van der Waals surface area contributed by atoms with E-state index in [0.29, 0.717) is 13.0 Å². The minimum absolute atomic E-state index is 0.0310. The van der Waals surface area contributed by atoms with Crippen LogP contribution in [-0.4, -0.2) is 12.5 Å². The summed E-state index contributed by atoms with van der Waals surface area (Å²) in [6, 6.07) is 6.36. The highest BCUT2D eigenvalue weighted by Gasteiger charge is 2.39. The molecule has 17 heavy (non-hydrogen) atoms. The minimum Gasteiger partial charge on any atom is -0.347 e. The van der Waals surface area contributed by atoms with Crippen molar-refractivity contribution in [1.82, 2.24) is 5.32 Å². The molecule has 0 saturated heterocycles. The number of carbonyl (C=O) groups is 1. The SMILES string of the molecule is NCCC(=O)NC1(c2ccc(F)cc2)CCC1. The maximum Gasteiger partial charge on any atom is 0.221 e. The lowest BCUT2D eigenvalue weighted by molar-refractivity contribution is -0.124. The number of hydrogen-bond acceptors (Lipinski definition) is 2. The highest BCUT2D eigenvalue weighted by atomic mass is 19.1. The summed E-state index contributed by atoms with van der Waals surface area (Å²) >= 11 is 0. The van der Waals surface area contributed by atoms with Gasteiger partial charge in [-0.2, -0.15) is 0 Å². The van der Waals surface area contributed by atoms with Crippen LogP contribution in [0.5, 0.6) is 0 Å². The van der Waals surface area contributed by atoms with Crippen molar-refractivity contribution in [3.05, 3.63) is 35.6 Å². The minimum atomic E-state index is -0.292. The largest absolute Gasteiger partial charge is 0.347 e. The predicted octanol–water partition coefficient (Wildman–Crippen LogP) is 1.67. The summed E-state index contributed by atoms with van der Waals surface area (Å²) in [5.41, 5.74) is 6.05. The Hall–Kier alpha value is -1.42. The van der Waals surface area contributed by atoms with Crippen molar-refractivity contribution in [3.63, 3.8) is 0 Å². The number of benzene rings is 1. The van der Waals surface area contributed by atoms with E-state index in [2.05, 4.69) is 5.32 Å². The van der Waals surface area contributed by atoms with E-state index in [1.807, 2.05) is 0 Å². The van der Waals surface area contributed by atoms with E-state index in [1.54, 1.807) is 12.1 Å². The monoisotopic (exact) mass is 236 g/mol. The highest BCUT2D eigenvalue weighted by Crippen LogP contribution is 2.41. The number of hydrogen-bond donors (Lipinski definition) is 2. The fourth-order valence-corrected chi connectivity index (χ4v) is 2.25. The Morgan fingerprint density at radius 2 is 2.00 bits per heavy atom. The normalized spacial score (nSPS) is 17.3. The number of halogens is 1. The molecule has 3 N–H and O–H groups in total. The van der Waals surface area contributed by atoms with Gasteiger partial charge in [0.1, 0.15) is 5.82 Å². The van der Waals surface area contributed by atoms with Crippen LogP contribution in [-0.2, 0) is 10.3 Å². The predicted molar refractivity (Wildman–Crippen MR) is 63.7 cm³/mol. The number of nitrogens with two attached hydrogens (primary N) is 1. The zero-order valence-electron chi connectivity index (χ0n) is 9.71. The summed E-state index contributed by atoms with van der Waals surface area (Å²) in [5.74, 6) is -0.284. The van der Waals surface area contributed by atoms with Gasteiger partial charge in [0, 0.05) is 13.0 Å². The third-order valence-electron chi connectivity index (χ3n) is 3.35. The molecular formula is C13H17FN2O. The van der Waals surface area contributed by atoms with Gasteiger partial charge in [0.05, 0.1) is 5.54 Å². The van der Waals surface area contributed by atoms with E-state index < -0.39 is 0 Å². The van der Waals surface area contributed by atoms with Crippen molar-refractivity contribution in [2.75, 3.05) is 6.54 Å². The first-order valence-electron chi connectivity index (χ1n) is 5.93. The molecule has 0 heterocycles. The Kier molecular flexibility index (Phi) is 3.43. The highest BCUT2D eigenvalue weighted by molar-refractivity contribution is 5.77. The van der Waals surface area contributed by atoms with Crippen molar-refractivity contribution in [3.8, 4) is 0 Å². The third kappa shape index (κ3) is 2.47. The zero-order chi connectivity index (χ0) is 12.3. The summed E-state index contributed by atoms with van der Waals surface area (Å²) in [6.07, 6.45) is 3.24. The van der Waals surface area contributed by atoms with Crippen LogP contribution in [0.15, 0.2) is 24.3 Å². The van der Waals surface area contributed by atoms with E-state index in [-0.39, 0.29) is 17.3 Å². The molecule has 92 valence electrons. The molecule has 0 aliphatic heterocycles. The van der Waals surface area contributed by atoms with Crippen molar-refractivity contribution in [1.29, 1.82) is 0 Å². The van der Waals surface area contributed by atoms with E-state index in [1.165, 1.54) is 12.1 Å². The number of carbonyl (C=O) groups excluding carboxylic acids is 1. The first kappa shape index (κ1) is 12.0. The lowest BCUT2D eigenvalue weighted by Crippen LogP contribution is -2.51. The standard InChI is InChI=1S/C13H17FN2O/c14-11-4-2-10(3-5-11)13(7-1-8-13)16-12(17)6-9-15/h2-5H,1,6-9,15H2,(H,16,17). The molecule has 1 amide bonds. The van der Waals surface area contributed by atoms with Gasteiger partial charge >= 0.3 is 0 Å². The average molecular weight is 236 g/mol. The van der Waals surface area contributed by atoms with Crippen LogP contribution in [0.1, 0.15) is 31.2 Å². The summed E-state index contributed by atoms with van der Waals surface area (Å²) in [7, 11) is 0. The van der Waals surface area contributed by atoms with Gasteiger partial charge in [-0.3, -0.25) is 4.79 Å². The van der Waals surface area contributed by atoms with Crippen LogP contribution >= 0.6 is 0 Å². The average Bonchev–Trinajstić information content (AvgIpc) is 2.25. The van der Waals surface area contributed by atoms with Crippen molar-refractivity contribution < 1.29 is 9.18 Å². The molecule has 1 saturated carbocycles. The van der Waals surface area contributed by atoms with E-state index in [0.717, 1.165) is 24.8 Å². The number of rotatable bonds is 4. The first-order chi connectivity index (χ1) is 8.16. The summed E-state index contributed by atoms with van der Waals surface area (Å²) in [4.78, 5) is 11.6. The van der Waals surface area contributed by atoms with Gasteiger partial charge in [-0.15, -0.1) is 0 Å². The molecule has 1 aromatic rings. The Morgan fingerprint density at radius 3 is 2.47 bits per heavy atom. The number of nitrogens with one attached hydrogen (secondary N) is 1. The fourth-order valence-electron chi connectivity index (χ4n) is 2.25. The molecule has 1 fully saturated rings. The number of amides is 1. The molecule has 0 spiro atoms. The fraction of sp³-hybridized carbons (Fsp3) is 0.462. The van der Waals surface area contributed by atoms with Crippen LogP contribution in [0, 0.1) is 5.82 Å². The summed E-state index contributed by atoms with van der Waals surface area (Å²) in [6.45, 7) is 0.353. The molecule has 1 aliphatic carbocycles. The van der Waals surface area contributed by atoms with Gasteiger partial charge in [-0.1, -0.05) is 12.1 Å². The maximum absolute atomic E-state index is 12.9. The Labute approximate surface area is 100 Å². The topological polar surface area (TPSA) is 55.1 Å². The second-order valence-electron chi connectivity index (χ2n) is 4.53. The molecule has 0 atom stereocenters. The summed E-state index contributed by atoms with van der Waals surface area (Å²) < 4.78 is 12.9. The van der Waals surface area contributed by atoms with Crippen LogP contribution in [0.2, 0.25) is 0 Å². The second kappa shape index (κ2) is 4.84. The second-order valence-corrected chi connectivity index (χ2v) is 4.53. The molecule has 1 aromatic carbocycles. The molecule has 2 rings (SSSR count). The van der Waals surface area contributed by atoms with Gasteiger partial charge in [-0.25, -0.2) is 4.39 Å². The Balaban J connectivity index is 2.14. The smallest absolute Gasteiger partial charge is 0.221 e. The van der Waals surface area contributed by atoms with Gasteiger partial charge in [-0.05, 0) is 37.0 Å². The van der Waals surface area contributed by atoms with Crippen molar-refractivity contribution in [2.24, 2.45) is 5.73 Å². The molecule has 0 radical (unpaired) electrons. The van der Waals surface area contributed by atoms with Gasteiger partial charge < -0.3 is 11.1 Å². The molecule has 0 bridgehead atoms. The summed E-state index contributed by atoms with van der Waals surface area (Å²) in [5, 5.41) is 3.03. The molecule has 3 nitrogen and oxygen atoms in total. The first-order valence-corrected chi connectivity index (χ1v) is 5.93. The van der Waals surface area contributed by atoms with Crippen molar-refractivity contribution in [2.45, 2.75) is 31.2 Å². The quantitative estimate of drug-likeness (QED) is 0.835. The van der Waals surface area contributed by atoms with Crippen molar-refractivity contribution >= 4 is 5.91 Å². The van der Waals surface area contributed by atoms with Gasteiger partial charge in [0.25, 0.3) is 0 Å². The molecular weight excluding hydrogens is 219 g/mol. The molecule has 4 heteroatoms. The van der Waals surface area contributed by atoms with E-state index in [9.17, 15) is 9.18 Å². The van der Waals surface area contributed by atoms with Gasteiger partial charge in [0.15, 0.2) is 0 Å². The molecule has 1 aliphatic rings. The van der Waals surface area contributed by atoms with Crippen LogP contribution in [0.4, 0.5) is 4.39 Å². The zero-order valence-corrected chi connectivity index (χ0v) is 9.71. The van der Waals surface area contributed by atoms with Crippen LogP contribution in [0.3, 0.4) is 0 Å². The van der Waals surface area contributed by atoms with Crippen LogP contribution < -0.4 is 11.1 Å². The lowest BCUT2D eigenvalue weighted by atomic mass is 9.71. The van der Waals surface area contributed by atoms with Crippen LogP contribution in [0.25, 0.3) is 0 Å².